The summed E-state index contributed by atoms with van der Waals surface area (Å²) >= 11 is 0. The fourth-order valence-corrected chi connectivity index (χ4v) is 5.46. The second kappa shape index (κ2) is 16.9. The first-order valence-corrected chi connectivity index (χ1v) is 16.8. The molecule has 6 N–H and O–H groups in total. The molecule has 0 fully saturated rings. The number of amides is 3. The molecule has 3 amide bonds. The summed E-state index contributed by atoms with van der Waals surface area (Å²) in [7, 11) is -4.29. The predicted molar refractivity (Wildman–Crippen MR) is 175 cm³/mol. The number of aliphatic hydroxyl groups is 1. The van der Waals surface area contributed by atoms with Crippen molar-refractivity contribution >= 4 is 27.7 Å². The van der Waals surface area contributed by atoms with E-state index in [1.54, 1.807) is 54.3 Å². The van der Waals surface area contributed by atoms with E-state index in [9.17, 15) is 33.0 Å². The van der Waals surface area contributed by atoms with E-state index in [1.165, 1.54) is 23.2 Å². The van der Waals surface area contributed by atoms with Crippen LogP contribution in [0.3, 0.4) is 0 Å². The Morgan fingerprint density at radius 2 is 1.46 bits per heavy atom. The zero-order valence-electron chi connectivity index (χ0n) is 26.3. The Balaban J connectivity index is 1.92. The van der Waals surface area contributed by atoms with E-state index in [4.69, 9.17) is 5.14 Å². The maximum atomic E-state index is 13.7. The van der Waals surface area contributed by atoms with E-state index in [0.717, 1.165) is 12.1 Å². The van der Waals surface area contributed by atoms with E-state index in [1.807, 2.05) is 13.8 Å². The molecule has 0 aliphatic carbocycles. The molecule has 3 rings (SSSR count). The number of hydrogen-bond donors (Lipinski definition) is 5. The zero-order chi connectivity index (χ0) is 33.9. The molecule has 0 aliphatic rings. The van der Waals surface area contributed by atoms with Gasteiger partial charge in [-0.3, -0.25) is 19.8 Å². The Hall–Kier alpha value is -4.30. The molecule has 0 aliphatic heterocycles. The maximum absolute atomic E-state index is 13.7. The van der Waals surface area contributed by atoms with Crippen LogP contribution < -0.4 is 15.9 Å². The highest BCUT2D eigenvalue weighted by Crippen LogP contribution is 2.19. The molecule has 0 saturated heterocycles. The molecule has 0 radical (unpaired) electrons. The number of hydrazine groups is 1. The van der Waals surface area contributed by atoms with Gasteiger partial charge < -0.3 is 20.4 Å². The van der Waals surface area contributed by atoms with Crippen LogP contribution in [-0.4, -0.2) is 84.6 Å². The van der Waals surface area contributed by atoms with E-state index >= 15 is 0 Å². The van der Waals surface area contributed by atoms with E-state index in [2.05, 4.69) is 10.7 Å². The quantitative estimate of drug-likeness (QED) is 0.146. The van der Waals surface area contributed by atoms with Gasteiger partial charge in [-0.15, -0.1) is 0 Å². The van der Waals surface area contributed by atoms with Gasteiger partial charge in [0.25, 0.3) is 17.7 Å². The van der Waals surface area contributed by atoms with Crippen LogP contribution in [0.5, 0.6) is 5.75 Å². The summed E-state index contributed by atoms with van der Waals surface area (Å²) in [6.07, 6.45) is 0.274. The number of rotatable bonds is 16. The molecule has 13 heteroatoms. The van der Waals surface area contributed by atoms with Crippen molar-refractivity contribution < 1.29 is 33.0 Å². The lowest BCUT2D eigenvalue weighted by Gasteiger charge is -2.30. The second-order valence-electron chi connectivity index (χ2n) is 10.9. The maximum Gasteiger partial charge on any atom is 0.265 e. The second-order valence-corrected chi connectivity index (χ2v) is 12.5. The first kappa shape index (κ1) is 36.2. The highest BCUT2D eigenvalue weighted by molar-refractivity contribution is 7.89. The number of sulfonamides is 1. The lowest BCUT2D eigenvalue weighted by atomic mass is 9.99. The Morgan fingerprint density at radius 1 is 0.848 bits per heavy atom. The smallest absolute Gasteiger partial charge is 0.265 e. The number of carbonyl (C=O) groups is 3. The third-order valence-corrected chi connectivity index (χ3v) is 8.17. The summed E-state index contributed by atoms with van der Waals surface area (Å²) < 4.78 is 24.7. The number of nitrogens with zero attached hydrogens (tertiary/aromatic N) is 2. The molecule has 248 valence electrons. The molecule has 0 bridgehead atoms. The minimum Gasteiger partial charge on any atom is -0.508 e. The van der Waals surface area contributed by atoms with Crippen molar-refractivity contribution in [2.75, 3.05) is 26.2 Å². The number of hydrogen-bond acceptors (Lipinski definition) is 8. The lowest BCUT2D eigenvalue weighted by Crippen LogP contribution is -2.53. The normalized spacial score (nSPS) is 12.7. The molecular formula is C33H43N5O7S. The largest absolute Gasteiger partial charge is 0.508 e. The van der Waals surface area contributed by atoms with Gasteiger partial charge in [0.05, 0.1) is 17.0 Å². The average Bonchev–Trinajstić information content (AvgIpc) is 3.04. The number of phenolic OH excluding ortho intramolecular Hbond substituents is 1. The highest BCUT2D eigenvalue weighted by Gasteiger charge is 2.27. The number of likely N-dealkylation sites (N-methyl/N-ethyl adjacent to an activating group) is 1. The number of phenols is 1. The van der Waals surface area contributed by atoms with Crippen LogP contribution >= 0.6 is 0 Å². The van der Waals surface area contributed by atoms with Gasteiger partial charge in [-0.1, -0.05) is 51.1 Å². The van der Waals surface area contributed by atoms with Crippen molar-refractivity contribution in [1.29, 1.82) is 0 Å². The molecule has 0 spiro atoms. The van der Waals surface area contributed by atoms with E-state index < -0.39 is 38.9 Å². The Bertz CT molecular complexity index is 1580. The molecule has 12 nitrogen and oxygen atoms in total. The standard InChI is InChI=1S/C33H43N5O7S/c1-4-16-37(17-5-2)33(43)26-19-25(20-28(21-26)46(34,44)45)31(41)35-29(18-23-12-14-27(39)15-13-23)30(40)22-38(6-3)36-32(42)24-10-8-7-9-11-24/h7-15,19-21,29-30,39-40H,4-6,16-18,22H2,1-3H3,(H,35,41)(H,36,42)(H2,34,44,45). The van der Waals surface area contributed by atoms with Crippen LogP contribution in [0.4, 0.5) is 0 Å². The van der Waals surface area contributed by atoms with Crippen molar-refractivity contribution in [1.82, 2.24) is 20.7 Å². The number of aliphatic hydroxyl groups excluding tert-OH is 1. The third kappa shape index (κ3) is 10.4. The van der Waals surface area contributed by atoms with Crippen LogP contribution in [0.2, 0.25) is 0 Å². The van der Waals surface area contributed by atoms with Gasteiger partial charge in [0.1, 0.15) is 5.75 Å². The predicted octanol–water partition coefficient (Wildman–Crippen LogP) is 2.67. The first-order chi connectivity index (χ1) is 21.9. The minimum absolute atomic E-state index is 0.00464. The SMILES string of the molecule is CCCN(CCC)C(=O)c1cc(C(=O)NC(Cc2ccc(O)cc2)C(O)CN(CC)NC(=O)c2ccccc2)cc(S(N)(=O)=O)c1. The molecule has 2 unspecified atom stereocenters. The lowest BCUT2D eigenvalue weighted by molar-refractivity contribution is 0.0471. The van der Waals surface area contributed by atoms with Crippen molar-refractivity contribution in [3.05, 3.63) is 95.1 Å². The van der Waals surface area contributed by atoms with Crippen molar-refractivity contribution in [3.63, 3.8) is 0 Å². The van der Waals surface area contributed by atoms with Crippen LogP contribution in [0, 0.1) is 0 Å². The van der Waals surface area contributed by atoms with Crippen molar-refractivity contribution in [3.8, 4) is 5.75 Å². The number of carbonyl (C=O) groups excluding carboxylic acids is 3. The summed E-state index contributed by atoms with van der Waals surface area (Å²) in [4.78, 5) is 41.0. The first-order valence-electron chi connectivity index (χ1n) is 15.2. The third-order valence-electron chi connectivity index (χ3n) is 7.28. The molecule has 0 heterocycles. The number of primary sulfonamides is 1. The number of nitrogens with two attached hydrogens (primary N) is 1. The minimum atomic E-state index is -4.29. The van der Waals surface area contributed by atoms with Gasteiger partial charge in [0, 0.05) is 42.9 Å². The fourth-order valence-electron chi connectivity index (χ4n) is 4.88. The number of nitrogens with one attached hydrogen (secondary N) is 2. The molecule has 0 aromatic heterocycles. The van der Waals surface area contributed by atoms with E-state index in [-0.39, 0.29) is 35.7 Å². The summed E-state index contributed by atoms with van der Waals surface area (Å²) in [5.41, 5.74) is 3.75. The number of aromatic hydroxyl groups is 1. The molecule has 0 saturated carbocycles. The Kier molecular flexibility index (Phi) is 13.2. The number of benzene rings is 3. The van der Waals surface area contributed by atoms with Gasteiger partial charge in [-0.2, -0.15) is 0 Å². The van der Waals surface area contributed by atoms with Crippen molar-refractivity contribution in [2.45, 2.75) is 57.1 Å². The summed E-state index contributed by atoms with van der Waals surface area (Å²) in [5.74, 6) is -1.50. The molecule has 2 atom stereocenters. The highest BCUT2D eigenvalue weighted by atomic mass is 32.2. The van der Waals surface area contributed by atoms with Gasteiger partial charge in [0.2, 0.25) is 10.0 Å². The molecular weight excluding hydrogens is 610 g/mol. The molecule has 3 aromatic rings. The Morgan fingerprint density at radius 3 is 2.02 bits per heavy atom. The molecule has 46 heavy (non-hydrogen) atoms. The van der Waals surface area contributed by atoms with Gasteiger partial charge in [-0.05, 0) is 67.3 Å². The van der Waals surface area contributed by atoms with Gasteiger partial charge >= 0.3 is 0 Å². The van der Waals surface area contributed by atoms with Crippen LogP contribution in [0.15, 0.2) is 77.7 Å². The van der Waals surface area contributed by atoms with Crippen LogP contribution in [0.1, 0.15) is 70.3 Å². The zero-order valence-corrected chi connectivity index (χ0v) is 27.2. The monoisotopic (exact) mass is 653 g/mol. The van der Waals surface area contributed by atoms with Crippen LogP contribution in [-0.2, 0) is 16.4 Å². The van der Waals surface area contributed by atoms with Crippen LogP contribution in [0.25, 0.3) is 0 Å². The van der Waals surface area contributed by atoms with E-state index in [0.29, 0.717) is 43.6 Å². The fraction of sp³-hybridized carbons (Fsp3) is 0.364. The average molecular weight is 654 g/mol. The topological polar surface area (TPSA) is 182 Å². The summed E-state index contributed by atoms with van der Waals surface area (Å²) in [6.45, 7) is 6.80. The van der Waals surface area contributed by atoms with Crippen molar-refractivity contribution in [2.24, 2.45) is 5.14 Å². The molecule has 3 aromatic carbocycles. The van der Waals surface area contributed by atoms with Gasteiger partial charge in [-0.25, -0.2) is 18.6 Å². The van der Waals surface area contributed by atoms with Gasteiger partial charge in [0.15, 0.2) is 0 Å². The summed E-state index contributed by atoms with van der Waals surface area (Å²) in [6, 6.07) is 17.4. The summed E-state index contributed by atoms with van der Waals surface area (Å²) in [5, 5.41) is 30.8. The Labute approximate surface area is 270 Å².